The molecule has 2 aromatic rings. The molecule has 0 radical (unpaired) electrons. The van der Waals surface area contributed by atoms with Crippen molar-refractivity contribution < 1.29 is 8.83 Å². The lowest BCUT2D eigenvalue weighted by atomic mass is 10.2. The molecule has 2 heteroatoms. The quantitative estimate of drug-likeness (QED) is 0.709. The van der Waals surface area contributed by atoms with Gasteiger partial charge in [0.05, 0.1) is 12.5 Å². The van der Waals surface area contributed by atoms with Crippen LogP contribution in [-0.4, -0.2) is 0 Å². The van der Waals surface area contributed by atoms with Crippen molar-refractivity contribution in [1.29, 1.82) is 0 Å². The second kappa shape index (κ2) is 10.5. The largest absolute Gasteiger partial charge is 0.469 e. The van der Waals surface area contributed by atoms with Crippen LogP contribution < -0.4 is 0 Å². The van der Waals surface area contributed by atoms with Crippen LogP contribution in [0, 0.1) is 13.8 Å². The molecule has 0 bridgehead atoms. The lowest BCUT2D eigenvalue weighted by Crippen LogP contribution is -1.74. The minimum absolute atomic E-state index is 1.00. The Labute approximate surface area is 117 Å². The van der Waals surface area contributed by atoms with Crippen molar-refractivity contribution in [3.05, 3.63) is 47.3 Å². The van der Waals surface area contributed by atoms with E-state index in [9.17, 15) is 0 Å². The third kappa shape index (κ3) is 7.55. The van der Waals surface area contributed by atoms with Crippen LogP contribution in [0.3, 0.4) is 0 Å². The van der Waals surface area contributed by atoms with Crippen molar-refractivity contribution in [2.75, 3.05) is 0 Å². The van der Waals surface area contributed by atoms with Gasteiger partial charge in [0.2, 0.25) is 0 Å². The molecule has 0 unspecified atom stereocenters. The molecule has 0 spiro atoms. The third-order valence-electron chi connectivity index (χ3n) is 2.52. The van der Waals surface area contributed by atoms with Crippen LogP contribution >= 0.6 is 0 Å². The Bertz CT molecular complexity index is 424. The maximum Gasteiger partial charge on any atom is 0.100 e. The van der Waals surface area contributed by atoms with Crippen molar-refractivity contribution in [2.45, 2.75) is 60.8 Å². The topological polar surface area (TPSA) is 26.3 Å². The van der Waals surface area contributed by atoms with Crippen LogP contribution in [0.1, 0.15) is 56.8 Å². The summed E-state index contributed by atoms with van der Waals surface area (Å²) in [5.41, 5.74) is 2.59. The van der Waals surface area contributed by atoms with Gasteiger partial charge in [-0.1, -0.05) is 34.1 Å². The minimum Gasteiger partial charge on any atom is -0.469 e. The van der Waals surface area contributed by atoms with Crippen LogP contribution in [0.25, 0.3) is 0 Å². The van der Waals surface area contributed by atoms with Crippen molar-refractivity contribution in [3.63, 3.8) is 0 Å². The van der Waals surface area contributed by atoms with Crippen LogP contribution in [0.2, 0.25) is 0 Å². The summed E-state index contributed by atoms with van der Waals surface area (Å²) >= 11 is 0. The number of hydrogen-bond acceptors (Lipinski definition) is 2. The number of rotatable bonds is 3. The maximum absolute atomic E-state index is 5.12. The van der Waals surface area contributed by atoms with Crippen LogP contribution in [0.5, 0.6) is 0 Å². The van der Waals surface area contributed by atoms with E-state index in [1.807, 2.05) is 34.0 Å². The molecular formula is C17H28O2. The van der Waals surface area contributed by atoms with Crippen molar-refractivity contribution in [1.82, 2.24) is 0 Å². The lowest BCUT2D eigenvalue weighted by Gasteiger charge is -1.84. The zero-order chi connectivity index (χ0) is 14.7. The summed E-state index contributed by atoms with van der Waals surface area (Å²) in [6.07, 6.45) is 7.03. The van der Waals surface area contributed by atoms with E-state index in [0.717, 1.165) is 24.4 Å². The summed E-state index contributed by atoms with van der Waals surface area (Å²) in [6.45, 7) is 12.2. The molecule has 0 N–H and O–H groups in total. The first kappa shape index (κ1) is 17.6. The van der Waals surface area contributed by atoms with Gasteiger partial charge in [-0.25, -0.2) is 0 Å². The van der Waals surface area contributed by atoms with E-state index < -0.39 is 0 Å². The normalized spacial score (nSPS) is 9.16. The van der Waals surface area contributed by atoms with E-state index in [1.165, 1.54) is 17.5 Å². The van der Waals surface area contributed by atoms with Gasteiger partial charge in [-0.3, -0.25) is 0 Å². The summed E-state index contributed by atoms with van der Waals surface area (Å²) in [5.74, 6) is 2.01. The van der Waals surface area contributed by atoms with E-state index in [-0.39, 0.29) is 0 Å². The molecule has 0 saturated carbocycles. The molecule has 2 rings (SSSR count). The summed E-state index contributed by atoms with van der Waals surface area (Å²) < 4.78 is 10.2. The molecule has 0 atom stereocenters. The first-order chi connectivity index (χ1) is 9.15. The van der Waals surface area contributed by atoms with Gasteiger partial charge in [0.1, 0.15) is 11.5 Å². The molecule has 0 aromatic carbocycles. The van der Waals surface area contributed by atoms with E-state index in [2.05, 4.69) is 26.0 Å². The molecule has 0 fully saturated rings. The van der Waals surface area contributed by atoms with E-state index in [0.29, 0.717) is 0 Å². The fraction of sp³-hybridized carbons (Fsp3) is 0.529. The van der Waals surface area contributed by atoms with Gasteiger partial charge < -0.3 is 8.83 Å². The second-order valence-electron chi connectivity index (χ2n) is 4.23. The molecule has 0 aliphatic rings. The Balaban J connectivity index is 0.000000303. The standard InChI is InChI=1S/C8H12O.C7H10O.C2H6/c1-3-4-8-5-7(2)9-6-8;1-3-7-4-6(2)8-5-7;1-2/h5-6H,3-4H2,1-2H3;4-5H,3H2,1-2H3;1-2H3. The van der Waals surface area contributed by atoms with Crippen molar-refractivity contribution in [2.24, 2.45) is 0 Å². The van der Waals surface area contributed by atoms with E-state index >= 15 is 0 Å². The van der Waals surface area contributed by atoms with Gasteiger partial charge in [0.25, 0.3) is 0 Å². The average molecular weight is 264 g/mol. The molecular weight excluding hydrogens is 236 g/mol. The van der Waals surface area contributed by atoms with E-state index in [1.54, 1.807) is 6.26 Å². The van der Waals surface area contributed by atoms with Gasteiger partial charge in [-0.15, -0.1) is 0 Å². The third-order valence-corrected chi connectivity index (χ3v) is 2.52. The molecule has 0 amide bonds. The monoisotopic (exact) mass is 264 g/mol. The summed E-state index contributed by atoms with van der Waals surface area (Å²) in [5, 5.41) is 0. The molecule has 19 heavy (non-hydrogen) atoms. The van der Waals surface area contributed by atoms with Gasteiger partial charge in [0, 0.05) is 0 Å². The highest BCUT2D eigenvalue weighted by atomic mass is 16.3. The lowest BCUT2D eigenvalue weighted by molar-refractivity contribution is 0.531. The zero-order valence-electron chi connectivity index (χ0n) is 13.2. The Morgan fingerprint density at radius 2 is 1.32 bits per heavy atom. The van der Waals surface area contributed by atoms with Crippen molar-refractivity contribution >= 4 is 0 Å². The molecule has 0 aliphatic carbocycles. The summed E-state index contributed by atoms with van der Waals surface area (Å²) in [4.78, 5) is 0. The Hall–Kier alpha value is -1.44. The first-order valence-corrected chi connectivity index (χ1v) is 7.23. The molecule has 2 nitrogen and oxygen atoms in total. The summed E-state index contributed by atoms with van der Waals surface area (Å²) in [7, 11) is 0. The van der Waals surface area contributed by atoms with Crippen molar-refractivity contribution in [3.8, 4) is 0 Å². The average Bonchev–Trinajstić information content (AvgIpc) is 3.02. The van der Waals surface area contributed by atoms with Gasteiger partial charge in [-0.05, 0) is 49.9 Å². The van der Waals surface area contributed by atoms with E-state index in [4.69, 9.17) is 8.83 Å². The molecule has 2 heterocycles. The van der Waals surface area contributed by atoms with Gasteiger partial charge in [-0.2, -0.15) is 0 Å². The molecule has 0 aliphatic heterocycles. The zero-order valence-corrected chi connectivity index (χ0v) is 13.2. The number of furan rings is 2. The highest BCUT2D eigenvalue weighted by molar-refractivity contribution is 5.11. The molecule has 108 valence electrons. The maximum atomic E-state index is 5.12. The first-order valence-electron chi connectivity index (χ1n) is 7.23. The fourth-order valence-electron chi connectivity index (χ4n) is 1.60. The highest BCUT2D eigenvalue weighted by Crippen LogP contribution is 2.07. The summed E-state index contributed by atoms with van der Waals surface area (Å²) in [6, 6.07) is 4.14. The predicted octanol–water partition coefficient (Wildman–Crippen LogP) is 5.72. The van der Waals surface area contributed by atoms with Gasteiger partial charge >= 0.3 is 0 Å². The smallest absolute Gasteiger partial charge is 0.100 e. The molecule has 0 saturated heterocycles. The second-order valence-corrected chi connectivity index (χ2v) is 4.23. The predicted molar refractivity (Wildman–Crippen MR) is 81.6 cm³/mol. The van der Waals surface area contributed by atoms with Crippen LogP contribution in [-0.2, 0) is 12.8 Å². The Morgan fingerprint density at radius 1 is 0.842 bits per heavy atom. The molecule has 2 aromatic heterocycles. The Morgan fingerprint density at radius 3 is 1.58 bits per heavy atom. The highest BCUT2D eigenvalue weighted by Gasteiger charge is 1.93. The number of hydrogen-bond donors (Lipinski definition) is 0. The minimum atomic E-state index is 1.00. The van der Waals surface area contributed by atoms with Gasteiger partial charge in [0.15, 0.2) is 0 Å². The SMILES string of the molecule is CC.CCCc1coc(C)c1.CCc1coc(C)c1. The number of aryl methyl sites for hydroxylation is 4. The van der Waals surface area contributed by atoms with Crippen LogP contribution in [0.15, 0.2) is 33.5 Å². The van der Waals surface area contributed by atoms with Crippen LogP contribution in [0.4, 0.5) is 0 Å². The fourth-order valence-corrected chi connectivity index (χ4v) is 1.60. The Kier molecular flexibility index (Phi) is 9.69.